The van der Waals surface area contributed by atoms with Crippen LogP contribution in [-0.4, -0.2) is 23.9 Å². The predicted molar refractivity (Wildman–Crippen MR) is 43.5 cm³/mol. The van der Waals surface area contributed by atoms with E-state index in [4.69, 9.17) is 14.6 Å². The van der Waals surface area contributed by atoms with Gasteiger partial charge >= 0.3 is 0 Å². The summed E-state index contributed by atoms with van der Waals surface area (Å²) in [7, 11) is 1.74. The average Bonchev–Trinajstić information content (AvgIpc) is 2.55. The van der Waals surface area contributed by atoms with Crippen molar-refractivity contribution < 1.29 is 14.6 Å². The van der Waals surface area contributed by atoms with Crippen molar-refractivity contribution in [3.63, 3.8) is 0 Å². The van der Waals surface area contributed by atoms with Crippen molar-refractivity contribution in [3.8, 4) is 0 Å². The lowest BCUT2D eigenvalue weighted by Gasteiger charge is -2.08. The normalized spacial score (nSPS) is 13.2. The summed E-state index contributed by atoms with van der Waals surface area (Å²) in [5.41, 5.74) is 0. The molecule has 1 heterocycles. The molecular weight excluding hydrogens is 158 g/mol. The molecule has 4 heteroatoms. The molecule has 0 radical (unpaired) electrons. The topological polar surface area (TPSA) is 65.6 Å². The molecule has 68 valence electrons. The van der Waals surface area contributed by atoms with Crippen LogP contribution in [0, 0.1) is 0 Å². The monoisotopic (exact) mass is 171 g/mol. The van der Waals surface area contributed by atoms with E-state index in [-0.39, 0.29) is 19.3 Å². The van der Waals surface area contributed by atoms with E-state index in [1.807, 2.05) is 0 Å². The Hall–Kier alpha value is -0.840. The Balaban J connectivity index is 2.72. The maximum Gasteiger partial charge on any atom is 0.129 e. The van der Waals surface area contributed by atoms with Crippen LogP contribution in [0.5, 0.6) is 0 Å². The van der Waals surface area contributed by atoms with E-state index >= 15 is 0 Å². The van der Waals surface area contributed by atoms with Gasteiger partial charge in [0.1, 0.15) is 18.1 Å². The van der Waals surface area contributed by atoms with Crippen LogP contribution >= 0.6 is 0 Å². The smallest absolute Gasteiger partial charge is 0.129 e. The number of hydrogen-bond acceptors (Lipinski definition) is 4. The lowest BCUT2D eigenvalue weighted by Crippen LogP contribution is -2.19. The van der Waals surface area contributed by atoms with Gasteiger partial charge in [-0.05, 0) is 19.2 Å². The molecule has 0 aromatic carbocycles. The predicted octanol–water partition coefficient (Wildman–Crippen LogP) is 0.0247. The highest BCUT2D eigenvalue weighted by Crippen LogP contribution is 2.15. The van der Waals surface area contributed by atoms with Crippen molar-refractivity contribution in [2.45, 2.75) is 12.6 Å². The highest BCUT2D eigenvalue weighted by molar-refractivity contribution is 5.10. The minimum atomic E-state index is -0.190. The molecule has 0 spiro atoms. The van der Waals surface area contributed by atoms with Gasteiger partial charge in [0.2, 0.25) is 0 Å². The Labute approximate surface area is 70.8 Å². The first-order valence-corrected chi connectivity index (χ1v) is 3.79. The molecule has 1 aromatic heterocycles. The van der Waals surface area contributed by atoms with E-state index in [1.165, 1.54) is 0 Å². The average molecular weight is 171 g/mol. The second-order valence-corrected chi connectivity index (χ2v) is 2.49. The van der Waals surface area contributed by atoms with Crippen molar-refractivity contribution >= 4 is 0 Å². The van der Waals surface area contributed by atoms with Crippen LogP contribution in [0.25, 0.3) is 0 Å². The summed E-state index contributed by atoms with van der Waals surface area (Å²) in [4.78, 5) is 0. The van der Waals surface area contributed by atoms with E-state index < -0.39 is 0 Å². The molecule has 0 aliphatic rings. The fourth-order valence-corrected chi connectivity index (χ4v) is 0.990. The molecule has 0 amide bonds. The molecule has 12 heavy (non-hydrogen) atoms. The molecule has 1 aromatic rings. The summed E-state index contributed by atoms with van der Waals surface area (Å²) in [6.07, 6.45) is 0. The number of furan rings is 1. The Kier molecular flexibility index (Phi) is 3.28. The van der Waals surface area contributed by atoms with Crippen molar-refractivity contribution in [2.75, 3.05) is 13.7 Å². The van der Waals surface area contributed by atoms with Crippen LogP contribution in [0.15, 0.2) is 16.5 Å². The SMILES string of the molecule is CN[C@H](CO)c1ccc(CO)o1. The Morgan fingerprint density at radius 3 is 2.67 bits per heavy atom. The lowest BCUT2D eigenvalue weighted by atomic mass is 10.2. The van der Waals surface area contributed by atoms with Gasteiger partial charge < -0.3 is 19.9 Å². The maximum atomic E-state index is 8.88. The molecule has 0 saturated heterocycles. The number of nitrogens with one attached hydrogen (secondary N) is 1. The molecule has 1 rings (SSSR count). The van der Waals surface area contributed by atoms with Crippen molar-refractivity contribution in [2.24, 2.45) is 0 Å². The minimum absolute atomic E-state index is 0.0190. The van der Waals surface area contributed by atoms with Crippen molar-refractivity contribution in [1.82, 2.24) is 5.32 Å². The van der Waals surface area contributed by atoms with E-state index in [2.05, 4.69) is 5.32 Å². The zero-order chi connectivity index (χ0) is 8.97. The largest absolute Gasteiger partial charge is 0.462 e. The zero-order valence-electron chi connectivity index (χ0n) is 6.95. The standard InChI is InChI=1S/C8H13NO3/c1-9-7(5-11)8-3-2-6(4-10)12-8/h2-3,7,9-11H,4-5H2,1H3/t7-/m1/s1. The zero-order valence-corrected chi connectivity index (χ0v) is 6.95. The molecule has 0 aliphatic carbocycles. The van der Waals surface area contributed by atoms with E-state index in [0.29, 0.717) is 11.5 Å². The summed E-state index contributed by atoms with van der Waals surface area (Å²) in [6, 6.07) is 3.24. The van der Waals surface area contributed by atoms with Crippen LogP contribution in [0.1, 0.15) is 17.6 Å². The fourth-order valence-electron chi connectivity index (χ4n) is 0.990. The number of hydrogen-bond donors (Lipinski definition) is 3. The summed E-state index contributed by atoms with van der Waals surface area (Å²) < 4.78 is 5.20. The quantitative estimate of drug-likeness (QED) is 0.597. The third-order valence-corrected chi connectivity index (χ3v) is 1.71. The second-order valence-electron chi connectivity index (χ2n) is 2.49. The van der Waals surface area contributed by atoms with Gasteiger partial charge in [0.05, 0.1) is 12.6 Å². The first-order chi connectivity index (χ1) is 5.81. The summed E-state index contributed by atoms with van der Waals surface area (Å²) in [6.45, 7) is -0.128. The van der Waals surface area contributed by atoms with Crippen LogP contribution in [0.2, 0.25) is 0 Å². The maximum absolute atomic E-state index is 8.88. The second kappa shape index (κ2) is 4.25. The molecule has 3 N–H and O–H groups in total. The molecule has 0 fully saturated rings. The summed E-state index contributed by atoms with van der Waals surface area (Å²) >= 11 is 0. The number of aliphatic hydroxyl groups is 2. The molecule has 0 saturated carbocycles. The third-order valence-electron chi connectivity index (χ3n) is 1.71. The van der Waals surface area contributed by atoms with Gasteiger partial charge in [0, 0.05) is 0 Å². The van der Waals surface area contributed by atoms with Crippen molar-refractivity contribution in [3.05, 3.63) is 23.7 Å². The molecule has 0 bridgehead atoms. The van der Waals surface area contributed by atoms with Gasteiger partial charge in [-0.2, -0.15) is 0 Å². The van der Waals surface area contributed by atoms with Gasteiger partial charge in [-0.25, -0.2) is 0 Å². The Morgan fingerprint density at radius 2 is 2.25 bits per heavy atom. The van der Waals surface area contributed by atoms with Gasteiger partial charge in [-0.3, -0.25) is 0 Å². The van der Waals surface area contributed by atoms with Crippen LogP contribution < -0.4 is 5.32 Å². The summed E-state index contributed by atoms with van der Waals surface area (Å²) in [5, 5.41) is 20.5. The summed E-state index contributed by atoms with van der Waals surface area (Å²) in [5.74, 6) is 1.16. The van der Waals surface area contributed by atoms with E-state index in [9.17, 15) is 0 Å². The highest BCUT2D eigenvalue weighted by Gasteiger charge is 2.11. The third kappa shape index (κ3) is 1.85. The van der Waals surface area contributed by atoms with Gasteiger partial charge in [0.15, 0.2) is 0 Å². The minimum Gasteiger partial charge on any atom is -0.462 e. The number of aliphatic hydroxyl groups excluding tert-OH is 2. The van der Waals surface area contributed by atoms with Gasteiger partial charge in [-0.15, -0.1) is 0 Å². The van der Waals surface area contributed by atoms with Crippen LogP contribution in [0.3, 0.4) is 0 Å². The first kappa shape index (κ1) is 9.25. The lowest BCUT2D eigenvalue weighted by molar-refractivity contribution is 0.214. The van der Waals surface area contributed by atoms with Gasteiger partial charge in [-0.1, -0.05) is 0 Å². The molecule has 0 aliphatic heterocycles. The fraction of sp³-hybridized carbons (Fsp3) is 0.500. The molecule has 4 nitrogen and oxygen atoms in total. The van der Waals surface area contributed by atoms with Crippen molar-refractivity contribution in [1.29, 1.82) is 0 Å². The highest BCUT2D eigenvalue weighted by atomic mass is 16.4. The number of rotatable bonds is 4. The van der Waals surface area contributed by atoms with Crippen LogP contribution in [0.4, 0.5) is 0 Å². The number of likely N-dealkylation sites (N-methyl/N-ethyl adjacent to an activating group) is 1. The van der Waals surface area contributed by atoms with Crippen LogP contribution in [-0.2, 0) is 6.61 Å². The Bertz CT molecular complexity index is 230. The molecule has 1 atom stereocenters. The van der Waals surface area contributed by atoms with E-state index in [1.54, 1.807) is 19.2 Å². The first-order valence-electron chi connectivity index (χ1n) is 3.79. The van der Waals surface area contributed by atoms with E-state index in [0.717, 1.165) is 0 Å². The van der Waals surface area contributed by atoms with Gasteiger partial charge in [0.25, 0.3) is 0 Å². The Morgan fingerprint density at radius 1 is 1.50 bits per heavy atom. The molecular formula is C8H13NO3. The molecule has 0 unspecified atom stereocenters.